The first-order valence-electron chi connectivity index (χ1n) is 16.1. The van der Waals surface area contributed by atoms with Crippen molar-refractivity contribution in [1.82, 2.24) is 0 Å². The number of aliphatic hydroxyl groups is 2. The van der Waals surface area contributed by atoms with Gasteiger partial charge >= 0.3 is 35.8 Å². The van der Waals surface area contributed by atoms with Crippen molar-refractivity contribution in [3.05, 3.63) is 63.5 Å². The lowest BCUT2D eigenvalue weighted by Crippen LogP contribution is -2.45. The Morgan fingerprint density at radius 2 is 1.20 bits per heavy atom. The standard InChI is InChI=1S/C12H16B2O4S.C6H8B2O4S.C6H4Br2S.C3H9BO3.C3H8O2.CH4/c19-12-9-10(13-15-5-1-6-16-13)3-4-11(12)14-17-7-2-8-18-14;9-7(10)4-1-2-5(8(11)12)6(13)3-4;7-4-1-2-5(8)6(9)3-4;1-5-4(6-2)7-3;4-2-1-3-5;/h3-4,9,19H,1-2,5-8H2;1-3,9-13H;1-3,9H;1-3H3;4-5H,1-3H2;1H4. The highest BCUT2D eigenvalue weighted by molar-refractivity contribution is 9.11. The Balaban J connectivity index is 0.000000703. The van der Waals surface area contributed by atoms with Gasteiger partial charge < -0.3 is 62.9 Å². The summed E-state index contributed by atoms with van der Waals surface area (Å²) in [7, 11) is 0.269. The number of rotatable bonds is 9. The van der Waals surface area contributed by atoms with Gasteiger partial charge in [-0.3, -0.25) is 0 Å². The molecule has 0 aliphatic carbocycles. The molecule has 0 spiro atoms. The quantitative estimate of drug-likeness (QED) is 0.110. The molecule has 2 saturated heterocycles. The summed E-state index contributed by atoms with van der Waals surface area (Å²) in [5.41, 5.74) is 2.44. The van der Waals surface area contributed by atoms with Gasteiger partial charge in [0, 0.05) is 84.6 Å². The fraction of sp³-hybridized carbons (Fsp3) is 0.419. The van der Waals surface area contributed by atoms with Gasteiger partial charge in [-0.15, -0.1) is 37.9 Å². The van der Waals surface area contributed by atoms with Gasteiger partial charge in [-0.2, -0.15) is 0 Å². The topological polar surface area (TPSA) is 186 Å². The molecule has 0 radical (unpaired) electrons. The fourth-order valence-corrected chi connectivity index (χ4v) is 5.71. The first-order valence-corrected chi connectivity index (χ1v) is 19.0. The van der Waals surface area contributed by atoms with Crippen molar-refractivity contribution < 1.29 is 62.9 Å². The van der Waals surface area contributed by atoms with Crippen LogP contribution >= 0.6 is 69.7 Å². The maximum Gasteiger partial charge on any atom is 0.638 e. The van der Waals surface area contributed by atoms with Gasteiger partial charge in [0.15, 0.2) is 0 Å². The number of halogens is 2. The second-order valence-electron chi connectivity index (χ2n) is 10.6. The molecule has 0 bridgehead atoms. The highest BCUT2D eigenvalue weighted by atomic mass is 79.9. The molecular formula is C31H49B5Br2O13S3. The third-order valence-corrected chi connectivity index (χ3v) is 9.30. The maximum absolute atomic E-state index is 8.82. The third-order valence-electron chi connectivity index (χ3n) is 6.67. The summed E-state index contributed by atoms with van der Waals surface area (Å²) >= 11 is 19.3. The first-order chi connectivity index (χ1) is 25.3. The van der Waals surface area contributed by atoms with Crippen LogP contribution in [0, 0.1) is 0 Å². The normalized spacial score (nSPS) is 13.2. The average molecular weight is 940 g/mol. The zero-order valence-electron chi connectivity index (χ0n) is 29.6. The predicted molar refractivity (Wildman–Crippen MR) is 232 cm³/mol. The van der Waals surface area contributed by atoms with Crippen molar-refractivity contribution in [2.45, 2.75) is 41.4 Å². The first kappa shape index (κ1) is 53.5. The van der Waals surface area contributed by atoms with Gasteiger partial charge in [-0.1, -0.05) is 47.6 Å². The van der Waals surface area contributed by atoms with E-state index in [4.69, 9.17) is 48.9 Å². The van der Waals surface area contributed by atoms with Crippen LogP contribution in [-0.4, -0.2) is 127 Å². The molecule has 13 nitrogen and oxygen atoms in total. The van der Waals surface area contributed by atoms with Crippen LogP contribution in [0.25, 0.3) is 0 Å². The second kappa shape index (κ2) is 31.5. The Bertz CT molecular complexity index is 1420. The van der Waals surface area contributed by atoms with Crippen LogP contribution in [0.1, 0.15) is 26.7 Å². The lowest BCUT2D eigenvalue weighted by atomic mass is 9.73. The molecular weight excluding hydrogens is 890 g/mol. The van der Waals surface area contributed by atoms with Crippen LogP contribution in [0.2, 0.25) is 0 Å². The zero-order chi connectivity index (χ0) is 39.8. The second-order valence-corrected chi connectivity index (χ2v) is 13.8. The lowest BCUT2D eigenvalue weighted by molar-refractivity contribution is 0.142. The molecule has 0 saturated carbocycles. The largest absolute Gasteiger partial charge is 0.638 e. The van der Waals surface area contributed by atoms with Gasteiger partial charge in [0.25, 0.3) is 0 Å². The summed E-state index contributed by atoms with van der Waals surface area (Å²) in [6, 6.07) is 15.9. The number of aliphatic hydroxyl groups excluding tert-OH is 2. The number of hydrogen-bond acceptors (Lipinski definition) is 16. The van der Waals surface area contributed by atoms with Gasteiger partial charge in [-0.05, 0) is 87.4 Å². The molecule has 3 aromatic carbocycles. The van der Waals surface area contributed by atoms with E-state index in [0.29, 0.717) is 11.3 Å². The summed E-state index contributed by atoms with van der Waals surface area (Å²) in [6.07, 6.45) is 2.40. The van der Waals surface area contributed by atoms with Crippen LogP contribution in [0.15, 0.2) is 78.2 Å². The van der Waals surface area contributed by atoms with E-state index < -0.39 is 21.6 Å². The molecule has 23 heteroatoms. The molecule has 54 heavy (non-hydrogen) atoms. The van der Waals surface area contributed by atoms with Gasteiger partial charge in [-0.25, -0.2) is 0 Å². The van der Waals surface area contributed by atoms with E-state index in [2.05, 4.69) is 83.7 Å². The minimum absolute atomic E-state index is 0. The Kier molecular flexibility index (Phi) is 31.2. The van der Waals surface area contributed by atoms with E-state index in [9.17, 15) is 0 Å². The van der Waals surface area contributed by atoms with Crippen molar-refractivity contribution in [3.8, 4) is 0 Å². The Hall–Kier alpha value is -0.525. The van der Waals surface area contributed by atoms with Gasteiger partial charge in [0.2, 0.25) is 0 Å². The number of hydrogen-bond donors (Lipinski definition) is 9. The monoisotopic (exact) mass is 938 g/mol. The minimum atomic E-state index is -1.60. The summed E-state index contributed by atoms with van der Waals surface area (Å²) in [5.74, 6) is 0. The average Bonchev–Trinajstić information content (AvgIpc) is 3.16. The van der Waals surface area contributed by atoms with E-state index in [1.807, 2.05) is 36.4 Å². The zero-order valence-corrected chi connectivity index (χ0v) is 35.4. The van der Waals surface area contributed by atoms with Crippen LogP contribution in [0.4, 0.5) is 0 Å². The van der Waals surface area contributed by atoms with Gasteiger partial charge in [0.1, 0.15) is 0 Å². The highest BCUT2D eigenvalue weighted by Crippen LogP contribution is 2.23. The van der Waals surface area contributed by atoms with E-state index in [1.54, 1.807) is 0 Å². The molecule has 3 aromatic rings. The van der Waals surface area contributed by atoms with Crippen molar-refractivity contribution in [2.75, 3.05) is 61.0 Å². The predicted octanol–water partition coefficient (Wildman–Crippen LogP) is 0.982. The van der Waals surface area contributed by atoms with Crippen LogP contribution in [-0.2, 0) is 32.6 Å². The molecule has 0 aromatic heterocycles. The molecule has 2 aliphatic heterocycles. The van der Waals surface area contributed by atoms with E-state index >= 15 is 0 Å². The Labute approximate surface area is 354 Å². The van der Waals surface area contributed by atoms with Crippen molar-refractivity contribution in [3.63, 3.8) is 0 Å². The molecule has 2 heterocycles. The highest BCUT2D eigenvalue weighted by Gasteiger charge is 2.29. The van der Waals surface area contributed by atoms with E-state index in [-0.39, 0.29) is 45.8 Å². The summed E-state index contributed by atoms with van der Waals surface area (Å²) < 4.78 is 38.3. The van der Waals surface area contributed by atoms with Crippen molar-refractivity contribution in [2.24, 2.45) is 0 Å². The molecule has 0 atom stereocenters. The summed E-state index contributed by atoms with van der Waals surface area (Å²) in [5, 5.41) is 51.0. The molecule has 0 unspecified atom stereocenters. The number of thiol groups is 3. The molecule has 5 rings (SSSR count). The summed E-state index contributed by atoms with van der Waals surface area (Å²) in [4.78, 5) is 2.10. The summed E-state index contributed by atoms with van der Waals surface area (Å²) in [6.45, 7) is 3.13. The minimum Gasteiger partial charge on any atom is -0.423 e. The SMILES string of the molecule is C.COB(OC)OC.OB(O)c1ccc(B(O)O)c(S)c1.OCCCO.Sc1cc(B2OCCCO2)ccc1B1OCCCO1.Sc1cc(Br)ccc1Br. The Morgan fingerprint density at radius 1 is 0.667 bits per heavy atom. The fourth-order valence-electron chi connectivity index (χ4n) is 4.04. The third kappa shape index (κ3) is 21.3. The molecule has 2 aliphatic rings. The molecule has 2 fully saturated rings. The molecule has 6 N–H and O–H groups in total. The Morgan fingerprint density at radius 3 is 1.57 bits per heavy atom. The smallest absolute Gasteiger partial charge is 0.423 e. The van der Waals surface area contributed by atoms with E-state index in [1.165, 1.54) is 39.5 Å². The van der Waals surface area contributed by atoms with Crippen LogP contribution in [0.3, 0.4) is 0 Å². The van der Waals surface area contributed by atoms with Crippen LogP contribution < -0.4 is 21.9 Å². The molecule has 0 amide bonds. The van der Waals surface area contributed by atoms with Gasteiger partial charge in [0.05, 0.1) is 0 Å². The maximum atomic E-state index is 8.82. The number of benzene rings is 3. The van der Waals surface area contributed by atoms with E-state index in [0.717, 1.165) is 68.9 Å². The van der Waals surface area contributed by atoms with Crippen molar-refractivity contribution in [1.29, 1.82) is 0 Å². The van der Waals surface area contributed by atoms with Crippen molar-refractivity contribution >= 4 is 127 Å². The lowest BCUT2D eigenvalue weighted by Gasteiger charge is -2.23. The van der Waals surface area contributed by atoms with Crippen LogP contribution in [0.5, 0.6) is 0 Å². The molecule has 298 valence electrons.